The van der Waals surface area contributed by atoms with Crippen molar-refractivity contribution in [2.75, 3.05) is 25.9 Å². The van der Waals surface area contributed by atoms with E-state index < -0.39 is 10.0 Å². The van der Waals surface area contributed by atoms with E-state index in [1.807, 2.05) is 7.05 Å². The van der Waals surface area contributed by atoms with Gasteiger partial charge in [0, 0.05) is 19.1 Å². The standard InChI is InChI=1S/C7H16N2O2S/c1-3-12(10,11)9-5-4-7(6-9)8-2/h7-8H,3-6H2,1-2H3. The van der Waals surface area contributed by atoms with Crippen molar-refractivity contribution in [3.05, 3.63) is 0 Å². The summed E-state index contributed by atoms with van der Waals surface area (Å²) in [4.78, 5) is 0. The van der Waals surface area contributed by atoms with Crippen LogP contribution in [0.25, 0.3) is 0 Å². The first kappa shape index (κ1) is 9.95. The van der Waals surface area contributed by atoms with E-state index in [0.717, 1.165) is 6.42 Å². The molecule has 1 N–H and O–H groups in total. The second kappa shape index (κ2) is 3.72. The average molecular weight is 192 g/mol. The molecule has 0 bridgehead atoms. The minimum absolute atomic E-state index is 0.212. The number of nitrogens with zero attached hydrogens (tertiary/aromatic N) is 1. The summed E-state index contributed by atoms with van der Waals surface area (Å²) in [5.41, 5.74) is 0. The van der Waals surface area contributed by atoms with Crippen LogP contribution in [0.1, 0.15) is 13.3 Å². The zero-order valence-corrected chi connectivity index (χ0v) is 8.39. The summed E-state index contributed by atoms with van der Waals surface area (Å²) in [5, 5.41) is 3.08. The Bertz CT molecular complexity index is 238. The average Bonchev–Trinajstić information content (AvgIpc) is 2.52. The van der Waals surface area contributed by atoms with Gasteiger partial charge in [-0.3, -0.25) is 0 Å². The largest absolute Gasteiger partial charge is 0.316 e. The molecule has 4 nitrogen and oxygen atoms in total. The number of likely N-dealkylation sites (N-methyl/N-ethyl adjacent to an activating group) is 1. The number of hydrogen-bond donors (Lipinski definition) is 1. The molecule has 1 unspecified atom stereocenters. The summed E-state index contributed by atoms with van der Waals surface area (Å²) in [6.07, 6.45) is 0.926. The zero-order valence-electron chi connectivity index (χ0n) is 7.58. The van der Waals surface area contributed by atoms with E-state index in [-0.39, 0.29) is 5.75 Å². The predicted molar refractivity (Wildman–Crippen MR) is 48.5 cm³/mol. The van der Waals surface area contributed by atoms with E-state index in [4.69, 9.17) is 0 Å². The fourth-order valence-corrected chi connectivity index (χ4v) is 2.55. The first-order valence-electron chi connectivity index (χ1n) is 4.25. The van der Waals surface area contributed by atoms with Crippen LogP contribution in [0.4, 0.5) is 0 Å². The van der Waals surface area contributed by atoms with Crippen LogP contribution in [0.5, 0.6) is 0 Å². The van der Waals surface area contributed by atoms with Crippen molar-refractivity contribution in [3.8, 4) is 0 Å². The van der Waals surface area contributed by atoms with Crippen LogP contribution in [-0.4, -0.2) is 44.7 Å². The lowest BCUT2D eigenvalue weighted by atomic mass is 10.3. The van der Waals surface area contributed by atoms with Gasteiger partial charge in [-0.05, 0) is 20.4 Å². The Morgan fingerprint density at radius 1 is 1.58 bits per heavy atom. The molecule has 12 heavy (non-hydrogen) atoms. The lowest BCUT2D eigenvalue weighted by Gasteiger charge is -2.14. The van der Waals surface area contributed by atoms with Gasteiger partial charge in [-0.25, -0.2) is 12.7 Å². The first-order valence-corrected chi connectivity index (χ1v) is 5.86. The summed E-state index contributed by atoms with van der Waals surface area (Å²) in [7, 11) is -1.08. The van der Waals surface area contributed by atoms with Crippen molar-refractivity contribution < 1.29 is 8.42 Å². The van der Waals surface area contributed by atoms with Gasteiger partial charge in [0.1, 0.15) is 0 Å². The Hall–Kier alpha value is -0.130. The third-order valence-electron chi connectivity index (χ3n) is 2.32. The minimum Gasteiger partial charge on any atom is -0.316 e. The summed E-state index contributed by atoms with van der Waals surface area (Å²) < 4.78 is 24.3. The lowest BCUT2D eigenvalue weighted by molar-refractivity contribution is 0.465. The van der Waals surface area contributed by atoms with Crippen molar-refractivity contribution in [2.24, 2.45) is 0 Å². The SMILES string of the molecule is CCS(=O)(=O)N1CCC(NC)C1. The minimum atomic E-state index is -2.95. The molecule has 1 fully saturated rings. The molecule has 0 aromatic rings. The fourth-order valence-electron chi connectivity index (χ4n) is 1.40. The van der Waals surface area contributed by atoms with Crippen molar-refractivity contribution >= 4 is 10.0 Å². The van der Waals surface area contributed by atoms with Gasteiger partial charge in [0.25, 0.3) is 0 Å². The van der Waals surface area contributed by atoms with E-state index in [1.54, 1.807) is 11.2 Å². The number of hydrogen-bond acceptors (Lipinski definition) is 3. The smallest absolute Gasteiger partial charge is 0.213 e. The number of rotatable bonds is 3. The molecule has 1 heterocycles. The second-order valence-electron chi connectivity index (χ2n) is 3.03. The molecule has 0 radical (unpaired) electrons. The third kappa shape index (κ3) is 1.97. The normalized spacial score (nSPS) is 26.3. The second-order valence-corrected chi connectivity index (χ2v) is 5.29. The molecule has 1 aliphatic rings. The molecular formula is C7H16N2O2S. The van der Waals surface area contributed by atoms with Crippen LogP contribution in [0.2, 0.25) is 0 Å². The molecule has 0 amide bonds. The number of sulfonamides is 1. The van der Waals surface area contributed by atoms with Gasteiger partial charge >= 0.3 is 0 Å². The molecule has 0 aromatic heterocycles. The maximum absolute atomic E-state index is 11.4. The summed E-state index contributed by atoms with van der Waals surface area (Å²) in [6, 6.07) is 0.339. The molecule has 0 aliphatic carbocycles. The molecule has 0 aromatic carbocycles. The number of nitrogens with one attached hydrogen (secondary N) is 1. The van der Waals surface area contributed by atoms with Crippen LogP contribution >= 0.6 is 0 Å². The zero-order chi connectivity index (χ0) is 9.19. The van der Waals surface area contributed by atoms with Crippen LogP contribution in [0.15, 0.2) is 0 Å². The molecule has 0 saturated carbocycles. The highest BCUT2D eigenvalue weighted by Crippen LogP contribution is 2.13. The van der Waals surface area contributed by atoms with Crippen LogP contribution in [0, 0.1) is 0 Å². The van der Waals surface area contributed by atoms with Gasteiger partial charge < -0.3 is 5.32 Å². The summed E-state index contributed by atoms with van der Waals surface area (Å²) in [5.74, 6) is 0.212. The predicted octanol–water partition coefficient (Wildman–Crippen LogP) is -0.370. The quantitative estimate of drug-likeness (QED) is 0.664. The van der Waals surface area contributed by atoms with E-state index in [0.29, 0.717) is 19.1 Å². The molecule has 1 rings (SSSR count). The Balaban J connectivity index is 2.58. The van der Waals surface area contributed by atoms with Crippen LogP contribution in [-0.2, 0) is 10.0 Å². The van der Waals surface area contributed by atoms with E-state index in [1.165, 1.54) is 0 Å². The Morgan fingerprint density at radius 3 is 2.67 bits per heavy atom. The van der Waals surface area contributed by atoms with Crippen molar-refractivity contribution in [3.63, 3.8) is 0 Å². The van der Waals surface area contributed by atoms with Gasteiger partial charge in [0.15, 0.2) is 0 Å². The Morgan fingerprint density at radius 2 is 2.25 bits per heavy atom. The first-order chi connectivity index (χ1) is 5.60. The molecule has 72 valence electrons. The maximum atomic E-state index is 11.4. The monoisotopic (exact) mass is 192 g/mol. The lowest BCUT2D eigenvalue weighted by Crippen LogP contribution is -2.34. The molecule has 0 spiro atoms. The highest BCUT2D eigenvalue weighted by Gasteiger charge is 2.28. The maximum Gasteiger partial charge on any atom is 0.213 e. The fraction of sp³-hybridized carbons (Fsp3) is 1.00. The molecular weight excluding hydrogens is 176 g/mol. The van der Waals surface area contributed by atoms with Crippen molar-refractivity contribution in [1.29, 1.82) is 0 Å². The van der Waals surface area contributed by atoms with Gasteiger partial charge in [-0.2, -0.15) is 0 Å². The summed E-state index contributed by atoms with van der Waals surface area (Å²) in [6.45, 7) is 2.98. The molecule has 5 heteroatoms. The third-order valence-corrected chi connectivity index (χ3v) is 4.17. The van der Waals surface area contributed by atoms with Crippen LogP contribution in [0.3, 0.4) is 0 Å². The highest BCUT2D eigenvalue weighted by molar-refractivity contribution is 7.89. The van der Waals surface area contributed by atoms with E-state index in [2.05, 4.69) is 5.32 Å². The Labute approximate surface area is 74.0 Å². The van der Waals surface area contributed by atoms with Gasteiger partial charge in [-0.1, -0.05) is 0 Å². The van der Waals surface area contributed by atoms with Gasteiger partial charge in [0.05, 0.1) is 5.75 Å². The van der Waals surface area contributed by atoms with E-state index in [9.17, 15) is 8.42 Å². The topological polar surface area (TPSA) is 49.4 Å². The van der Waals surface area contributed by atoms with Crippen molar-refractivity contribution in [1.82, 2.24) is 9.62 Å². The molecule has 1 saturated heterocycles. The van der Waals surface area contributed by atoms with Crippen LogP contribution < -0.4 is 5.32 Å². The highest BCUT2D eigenvalue weighted by atomic mass is 32.2. The van der Waals surface area contributed by atoms with Gasteiger partial charge in [-0.15, -0.1) is 0 Å². The van der Waals surface area contributed by atoms with E-state index >= 15 is 0 Å². The molecule has 1 atom stereocenters. The van der Waals surface area contributed by atoms with Gasteiger partial charge in [0.2, 0.25) is 10.0 Å². The Kier molecular flexibility index (Phi) is 3.09. The van der Waals surface area contributed by atoms with Crippen molar-refractivity contribution in [2.45, 2.75) is 19.4 Å². The molecule has 1 aliphatic heterocycles. The summed E-state index contributed by atoms with van der Waals surface area (Å²) >= 11 is 0.